The number of carbonyl (C=O) groups is 2. The van der Waals surface area contributed by atoms with Gasteiger partial charge in [-0.1, -0.05) is 37.3 Å². The largest absolute Gasteiger partial charge is 0.373 e. The van der Waals surface area contributed by atoms with Gasteiger partial charge in [0, 0.05) is 5.69 Å². The van der Waals surface area contributed by atoms with E-state index in [0.29, 0.717) is 5.69 Å². The molecule has 1 aliphatic heterocycles. The second kappa shape index (κ2) is 6.24. The van der Waals surface area contributed by atoms with E-state index in [1.165, 1.54) is 10.5 Å². The van der Waals surface area contributed by atoms with Crippen LogP contribution >= 0.6 is 0 Å². The minimum absolute atomic E-state index is 0.162. The molecule has 1 saturated heterocycles. The highest BCUT2D eigenvalue weighted by Crippen LogP contribution is 2.26. The molecule has 118 valence electrons. The first-order chi connectivity index (χ1) is 11.1. The molecule has 0 saturated carbocycles. The minimum atomic E-state index is -0.505. The molecule has 0 radical (unpaired) electrons. The second-order valence-corrected chi connectivity index (χ2v) is 5.80. The zero-order chi connectivity index (χ0) is 16.4. The Morgan fingerprint density at radius 2 is 1.78 bits per heavy atom. The molecule has 23 heavy (non-hydrogen) atoms. The van der Waals surface area contributed by atoms with Crippen LogP contribution in [0, 0.1) is 6.92 Å². The lowest BCUT2D eigenvalue weighted by molar-refractivity contribution is -0.121. The maximum Gasteiger partial charge on any atom is 0.256 e. The van der Waals surface area contributed by atoms with Crippen molar-refractivity contribution >= 4 is 23.2 Å². The van der Waals surface area contributed by atoms with Crippen LogP contribution in [0.1, 0.15) is 24.5 Å². The molecule has 0 aliphatic carbocycles. The van der Waals surface area contributed by atoms with E-state index in [-0.39, 0.29) is 18.2 Å². The van der Waals surface area contributed by atoms with Gasteiger partial charge in [0.1, 0.15) is 6.04 Å². The van der Waals surface area contributed by atoms with Gasteiger partial charge in [0.2, 0.25) is 5.91 Å². The highest BCUT2D eigenvalue weighted by Gasteiger charge is 2.39. The van der Waals surface area contributed by atoms with Crippen molar-refractivity contribution in [2.45, 2.75) is 32.7 Å². The summed E-state index contributed by atoms with van der Waals surface area (Å²) in [4.78, 5) is 26.2. The van der Waals surface area contributed by atoms with Gasteiger partial charge in [-0.3, -0.25) is 9.59 Å². The van der Waals surface area contributed by atoms with Crippen LogP contribution in [0.2, 0.25) is 0 Å². The van der Waals surface area contributed by atoms with Crippen molar-refractivity contribution in [1.29, 1.82) is 0 Å². The van der Waals surface area contributed by atoms with Crippen molar-refractivity contribution < 1.29 is 9.59 Å². The molecule has 0 aromatic heterocycles. The normalized spacial score (nSPS) is 17.7. The van der Waals surface area contributed by atoms with Gasteiger partial charge >= 0.3 is 0 Å². The zero-order valence-corrected chi connectivity index (χ0v) is 13.4. The van der Waals surface area contributed by atoms with Crippen LogP contribution < -0.4 is 10.2 Å². The lowest BCUT2D eigenvalue weighted by Crippen LogP contribution is -2.34. The molecule has 4 heteroatoms. The molecule has 1 fully saturated rings. The van der Waals surface area contributed by atoms with Crippen LogP contribution in [0.25, 0.3) is 0 Å². The average Bonchev–Trinajstić information content (AvgIpc) is 2.84. The number of carbonyl (C=O) groups excluding carboxylic acids is 2. The molecule has 4 nitrogen and oxygen atoms in total. The number of amides is 2. The molecule has 0 bridgehead atoms. The number of rotatable bonds is 4. The monoisotopic (exact) mass is 308 g/mol. The van der Waals surface area contributed by atoms with Crippen LogP contribution in [-0.2, 0) is 16.0 Å². The third-order valence-corrected chi connectivity index (χ3v) is 4.22. The molecule has 2 aromatic carbocycles. The molecular weight excluding hydrogens is 288 g/mol. The van der Waals surface area contributed by atoms with Gasteiger partial charge in [0.25, 0.3) is 5.91 Å². The number of para-hydroxylation sites is 1. The Labute approximate surface area is 136 Å². The summed E-state index contributed by atoms with van der Waals surface area (Å²) in [7, 11) is 0. The van der Waals surface area contributed by atoms with Crippen LogP contribution in [0.4, 0.5) is 11.4 Å². The Morgan fingerprint density at radius 3 is 2.43 bits per heavy atom. The minimum Gasteiger partial charge on any atom is -0.373 e. The SMILES string of the molecule is CCc1ccc(N2C(=O)CC(Nc3ccccc3C)C2=O)cc1. The first kappa shape index (κ1) is 15.3. The number of hydrogen-bond donors (Lipinski definition) is 1. The Hall–Kier alpha value is -2.62. The van der Waals surface area contributed by atoms with Gasteiger partial charge in [0.15, 0.2) is 0 Å². The lowest BCUT2D eigenvalue weighted by atomic mass is 10.1. The van der Waals surface area contributed by atoms with E-state index < -0.39 is 6.04 Å². The molecule has 0 spiro atoms. The summed E-state index contributed by atoms with van der Waals surface area (Å²) in [5.41, 5.74) is 3.77. The molecule has 1 atom stereocenters. The number of hydrogen-bond acceptors (Lipinski definition) is 3. The molecule has 1 aliphatic rings. The number of benzene rings is 2. The van der Waals surface area contributed by atoms with Gasteiger partial charge in [0.05, 0.1) is 12.1 Å². The maximum absolute atomic E-state index is 12.6. The third kappa shape index (κ3) is 2.97. The van der Waals surface area contributed by atoms with Crippen LogP contribution in [-0.4, -0.2) is 17.9 Å². The number of nitrogens with zero attached hydrogens (tertiary/aromatic N) is 1. The summed E-state index contributed by atoms with van der Waals surface area (Å²) < 4.78 is 0. The molecule has 1 unspecified atom stereocenters. The van der Waals surface area contributed by atoms with E-state index in [2.05, 4.69) is 12.2 Å². The molecule has 3 rings (SSSR count). The second-order valence-electron chi connectivity index (χ2n) is 5.80. The highest BCUT2D eigenvalue weighted by atomic mass is 16.2. The Kier molecular flexibility index (Phi) is 4.15. The lowest BCUT2D eigenvalue weighted by Gasteiger charge is -2.17. The van der Waals surface area contributed by atoms with Crippen molar-refractivity contribution in [2.24, 2.45) is 0 Å². The summed E-state index contributed by atoms with van der Waals surface area (Å²) in [6, 6.07) is 14.8. The third-order valence-electron chi connectivity index (χ3n) is 4.22. The zero-order valence-electron chi connectivity index (χ0n) is 13.4. The van der Waals surface area contributed by atoms with Crippen molar-refractivity contribution in [2.75, 3.05) is 10.2 Å². The molecule has 1 N–H and O–H groups in total. The molecule has 2 amide bonds. The van der Waals surface area contributed by atoms with Crippen molar-refractivity contribution in [1.82, 2.24) is 0 Å². The molecular formula is C19H20N2O2. The van der Waals surface area contributed by atoms with Gasteiger partial charge < -0.3 is 5.32 Å². The number of aryl methyl sites for hydroxylation is 2. The van der Waals surface area contributed by atoms with Crippen LogP contribution in [0.15, 0.2) is 48.5 Å². The summed E-state index contributed by atoms with van der Waals surface area (Å²) in [6.07, 6.45) is 1.11. The number of anilines is 2. The smallest absolute Gasteiger partial charge is 0.256 e. The topological polar surface area (TPSA) is 49.4 Å². The predicted molar refractivity (Wildman–Crippen MR) is 91.5 cm³/mol. The summed E-state index contributed by atoms with van der Waals surface area (Å²) >= 11 is 0. The highest BCUT2D eigenvalue weighted by molar-refractivity contribution is 6.23. The number of nitrogens with one attached hydrogen (secondary N) is 1. The van der Waals surface area contributed by atoms with Crippen LogP contribution in [0.3, 0.4) is 0 Å². The van der Waals surface area contributed by atoms with Crippen molar-refractivity contribution in [3.05, 3.63) is 59.7 Å². The average molecular weight is 308 g/mol. The van der Waals surface area contributed by atoms with Crippen molar-refractivity contribution in [3.8, 4) is 0 Å². The fourth-order valence-corrected chi connectivity index (χ4v) is 2.82. The summed E-state index contributed by atoms with van der Waals surface area (Å²) in [6.45, 7) is 4.05. The first-order valence-corrected chi connectivity index (χ1v) is 7.88. The predicted octanol–water partition coefficient (Wildman–Crippen LogP) is 3.30. The van der Waals surface area contributed by atoms with E-state index in [9.17, 15) is 9.59 Å². The van der Waals surface area contributed by atoms with E-state index >= 15 is 0 Å². The Bertz CT molecular complexity index is 737. The Morgan fingerprint density at radius 1 is 1.09 bits per heavy atom. The van der Waals surface area contributed by atoms with Gasteiger partial charge in [-0.15, -0.1) is 0 Å². The summed E-state index contributed by atoms with van der Waals surface area (Å²) in [5.74, 6) is -0.354. The maximum atomic E-state index is 12.6. The quantitative estimate of drug-likeness (QED) is 0.882. The van der Waals surface area contributed by atoms with E-state index in [4.69, 9.17) is 0 Å². The number of imide groups is 1. The first-order valence-electron chi connectivity index (χ1n) is 7.88. The van der Waals surface area contributed by atoms with E-state index in [1.54, 1.807) is 0 Å². The van der Waals surface area contributed by atoms with Crippen LogP contribution in [0.5, 0.6) is 0 Å². The fourth-order valence-electron chi connectivity index (χ4n) is 2.82. The fraction of sp³-hybridized carbons (Fsp3) is 0.263. The van der Waals surface area contributed by atoms with Crippen molar-refractivity contribution in [3.63, 3.8) is 0 Å². The molecule has 2 aromatic rings. The summed E-state index contributed by atoms with van der Waals surface area (Å²) in [5, 5.41) is 3.20. The van der Waals surface area contributed by atoms with E-state index in [0.717, 1.165) is 17.7 Å². The van der Waals surface area contributed by atoms with Gasteiger partial charge in [-0.05, 0) is 42.7 Å². The van der Waals surface area contributed by atoms with E-state index in [1.807, 2.05) is 55.5 Å². The molecule has 1 heterocycles. The Balaban J connectivity index is 1.80. The standard InChI is InChI=1S/C19H20N2O2/c1-3-14-8-10-15(11-9-14)21-18(22)12-17(19(21)23)20-16-7-5-4-6-13(16)2/h4-11,17,20H,3,12H2,1-2H3. The van der Waals surface area contributed by atoms with Gasteiger partial charge in [-0.2, -0.15) is 0 Å². The van der Waals surface area contributed by atoms with Gasteiger partial charge in [-0.25, -0.2) is 4.90 Å².